The second-order valence-electron chi connectivity index (χ2n) is 7.70. The van der Waals surface area contributed by atoms with E-state index < -0.39 is 0 Å². The first-order valence-electron chi connectivity index (χ1n) is 10.5. The lowest BCUT2D eigenvalue weighted by molar-refractivity contribution is 0.0746. The number of methoxy groups -OCH3 is 1. The number of carbonyl (C=O) groups is 1. The molecule has 2 aromatic carbocycles. The molecule has 1 saturated heterocycles. The van der Waals surface area contributed by atoms with E-state index in [1.165, 1.54) is 0 Å². The van der Waals surface area contributed by atoms with Gasteiger partial charge in [0.2, 0.25) is 5.88 Å². The molecule has 0 spiro atoms. The van der Waals surface area contributed by atoms with Crippen molar-refractivity contribution in [1.29, 1.82) is 0 Å². The lowest BCUT2D eigenvalue weighted by Crippen LogP contribution is -2.49. The first-order chi connectivity index (χ1) is 15.6. The molecule has 3 heterocycles. The van der Waals surface area contributed by atoms with Crippen LogP contribution in [0, 0.1) is 6.92 Å². The highest BCUT2D eigenvalue weighted by Crippen LogP contribution is 2.29. The van der Waals surface area contributed by atoms with E-state index in [0.29, 0.717) is 49.2 Å². The van der Waals surface area contributed by atoms with Gasteiger partial charge in [0, 0.05) is 43.4 Å². The fraction of sp³-hybridized carbons (Fsp3) is 0.250. The van der Waals surface area contributed by atoms with Crippen LogP contribution in [0.4, 0.5) is 5.82 Å². The van der Waals surface area contributed by atoms with Gasteiger partial charge in [-0.15, -0.1) is 0 Å². The SMILES string of the molecule is COc1cc(N2CCN(C(=O)c3ccc4noc(-c5ccccc5)c4c3)CC2)nc(C)n1. The van der Waals surface area contributed by atoms with E-state index in [-0.39, 0.29) is 5.91 Å². The molecule has 0 unspecified atom stereocenters. The van der Waals surface area contributed by atoms with Gasteiger partial charge < -0.3 is 19.1 Å². The Kier molecular flexibility index (Phi) is 5.18. The van der Waals surface area contributed by atoms with Gasteiger partial charge in [-0.25, -0.2) is 4.98 Å². The fourth-order valence-electron chi connectivity index (χ4n) is 3.99. The Hall–Kier alpha value is -3.94. The van der Waals surface area contributed by atoms with E-state index >= 15 is 0 Å². The number of nitrogens with zero attached hydrogens (tertiary/aromatic N) is 5. The number of hydrogen-bond donors (Lipinski definition) is 0. The zero-order chi connectivity index (χ0) is 22.1. The van der Waals surface area contributed by atoms with Crippen molar-refractivity contribution in [3.8, 4) is 17.2 Å². The molecule has 1 aliphatic rings. The third-order valence-corrected chi connectivity index (χ3v) is 5.66. The fourth-order valence-corrected chi connectivity index (χ4v) is 3.99. The lowest BCUT2D eigenvalue weighted by atomic mass is 10.1. The number of anilines is 1. The number of ether oxygens (including phenoxy) is 1. The summed E-state index contributed by atoms with van der Waals surface area (Å²) in [6.45, 7) is 4.44. The molecule has 0 bridgehead atoms. The minimum absolute atomic E-state index is 0.00297. The number of rotatable bonds is 4. The number of benzene rings is 2. The second-order valence-corrected chi connectivity index (χ2v) is 7.70. The summed E-state index contributed by atoms with van der Waals surface area (Å²) in [6, 6.07) is 17.2. The quantitative estimate of drug-likeness (QED) is 0.490. The van der Waals surface area contributed by atoms with E-state index in [1.807, 2.05) is 66.4 Å². The molecular weight excluding hydrogens is 406 g/mol. The highest BCUT2D eigenvalue weighted by molar-refractivity contribution is 6.01. The Bertz CT molecular complexity index is 1260. The average Bonchev–Trinajstić information content (AvgIpc) is 3.27. The number of aromatic nitrogens is 3. The molecule has 0 saturated carbocycles. The molecule has 0 radical (unpaired) electrons. The van der Waals surface area contributed by atoms with E-state index in [1.54, 1.807) is 7.11 Å². The molecule has 1 aliphatic heterocycles. The van der Waals surface area contributed by atoms with Gasteiger partial charge in [0.1, 0.15) is 17.2 Å². The van der Waals surface area contributed by atoms with Crippen LogP contribution in [-0.2, 0) is 0 Å². The van der Waals surface area contributed by atoms with Crippen LogP contribution in [0.5, 0.6) is 5.88 Å². The number of fused-ring (bicyclic) bond motifs is 1. The molecule has 0 aliphatic carbocycles. The summed E-state index contributed by atoms with van der Waals surface area (Å²) in [5, 5.41) is 4.98. The molecule has 5 rings (SSSR count). The monoisotopic (exact) mass is 429 g/mol. The van der Waals surface area contributed by atoms with E-state index in [2.05, 4.69) is 20.0 Å². The molecule has 0 atom stereocenters. The van der Waals surface area contributed by atoms with Gasteiger partial charge in [-0.2, -0.15) is 4.98 Å². The van der Waals surface area contributed by atoms with Crippen molar-refractivity contribution in [1.82, 2.24) is 20.0 Å². The molecule has 2 aromatic heterocycles. The van der Waals surface area contributed by atoms with Gasteiger partial charge in [0.15, 0.2) is 5.76 Å². The first-order valence-corrected chi connectivity index (χ1v) is 10.5. The molecular formula is C24H23N5O3. The molecule has 0 N–H and O–H groups in total. The summed E-state index contributed by atoms with van der Waals surface area (Å²) < 4.78 is 10.8. The van der Waals surface area contributed by atoms with Crippen LogP contribution < -0.4 is 9.64 Å². The van der Waals surface area contributed by atoms with Gasteiger partial charge in [0.05, 0.1) is 12.5 Å². The van der Waals surface area contributed by atoms with Crippen LogP contribution in [-0.4, -0.2) is 59.2 Å². The third kappa shape index (κ3) is 3.75. The van der Waals surface area contributed by atoms with Crippen LogP contribution in [0.15, 0.2) is 59.1 Å². The number of hydrogen-bond acceptors (Lipinski definition) is 7. The molecule has 1 amide bonds. The first kappa shape index (κ1) is 20.0. The molecule has 1 fully saturated rings. The molecule has 32 heavy (non-hydrogen) atoms. The number of piperazine rings is 1. The molecule has 8 heteroatoms. The summed E-state index contributed by atoms with van der Waals surface area (Å²) in [4.78, 5) is 26.0. The van der Waals surface area contributed by atoms with E-state index in [9.17, 15) is 4.79 Å². The number of aryl methyl sites for hydroxylation is 1. The average molecular weight is 429 g/mol. The van der Waals surface area contributed by atoms with Crippen molar-refractivity contribution >= 4 is 22.6 Å². The highest BCUT2D eigenvalue weighted by Gasteiger charge is 2.24. The minimum Gasteiger partial charge on any atom is -0.481 e. The predicted molar refractivity (Wildman–Crippen MR) is 121 cm³/mol. The van der Waals surface area contributed by atoms with E-state index in [4.69, 9.17) is 9.26 Å². The number of carbonyl (C=O) groups excluding carboxylic acids is 1. The normalized spacial score (nSPS) is 14.1. The van der Waals surface area contributed by atoms with Crippen LogP contribution in [0.1, 0.15) is 16.2 Å². The predicted octanol–water partition coefficient (Wildman–Crippen LogP) is 3.56. The largest absolute Gasteiger partial charge is 0.481 e. The summed E-state index contributed by atoms with van der Waals surface area (Å²) in [7, 11) is 1.59. The maximum Gasteiger partial charge on any atom is 0.254 e. The Morgan fingerprint density at radius 2 is 1.78 bits per heavy atom. The van der Waals surface area contributed by atoms with Gasteiger partial charge in [-0.05, 0) is 25.1 Å². The van der Waals surface area contributed by atoms with Crippen LogP contribution in [0.25, 0.3) is 22.2 Å². The van der Waals surface area contributed by atoms with Crippen molar-refractivity contribution in [2.45, 2.75) is 6.92 Å². The third-order valence-electron chi connectivity index (χ3n) is 5.66. The minimum atomic E-state index is 0.00297. The van der Waals surface area contributed by atoms with Crippen molar-refractivity contribution in [2.24, 2.45) is 0 Å². The van der Waals surface area contributed by atoms with Crippen molar-refractivity contribution in [3.05, 3.63) is 66.0 Å². The Balaban J connectivity index is 1.34. The standard InChI is InChI=1S/C24H23N5O3/c1-16-25-21(15-22(26-16)31-2)28-10-12-29(13-11-28)24(30)18-8-9-20-19(14-18)23(32-27-20)17-6-4-3-5-7-17/h3-9,14-15H,10-13H2,1-2H3. The Morgan fingerprint density at radius 3 is 2.53 bits per heavy atom. The molecule has 162 valence electrons. The highest BCUT2D eigenvalue weighted by atomic mass is 16.5. The van der Waals surface area contributed by atoms with Gasteiger partial charge in [-0.3, -0.25) is 4.79 Å². The topological polar surface area (TPSA) is 84.6 Å². The Morgan fingerprint density at radius 1 is 1.00 bits per heavy atom. The van der Waals surface area contributed by atoms with Crippen LogP contribution >= 0.6 is 0 Å². The van der Waals surface area contributed by atoms with Crippen molar-refractivity contribution in [3.63, 3.8) is 0 Å². The smallest absolute Gasteiger partial charge is 0.254 e. The second kappa shape index (κ2) is 8.30. The lowest BCUT2D eigenvalue weighted by Gasteiger charge is -2.35. The maximum atomic E-state index is 13.2. The molecule has 4 aromatic rings. The van der Waals surface area contributed by atoms with Gasteiger partial charge in [-0.1, -0.05) is 35.5 Å². The molecule has 8 nitrogen and oxygen atoms in total. The number of amides is 1. The van der Waals surface area contributed by atoms with Gasteiger partial charge in [0.25, 0.3) is 5.91 Å². The van der Waals surface area contributed by atoms with Crippen molar-refractivity contribution < 1.29 is 14.1 Å². The zero-order valence-corrected chi connectivity index (χ0v) is 18.0. The Labute approximate surface area is 185 Å². The van der Waals surface area contributed by atoms with Crippen LogP contribution in [0.3, 0.4) is 0 Å². The van der Waals surface area contributed by atoms with Crippen molar-refractivity contribution in [2.75, 3.05) is 38.2 Å². The maximum absolute atomic E-state index is 13.2. The van der Waals surface area contributed by atoms with Gasteiger partial charge >= 0.3 is 0 Å². The van der Waals surface area contributed by atoms with Crippen LogP contribution in [0.2, 0.25) is 0 Å². The van der Waals surface area contributed by atoms with E-state index in [0.717, 1.165) is 22.3 Å². The summed E-state index contributed by atoms with van der Waals surface area (Å²) >= 11 is 0. The zero-order valence-electron chi connectivity index (χ0n) is 18.0. The summed E-state index contributed by atoms with van der Waals surface area (Å²) in [5.41, 5.74) is 2.30. The summed E-state index contributed by atoms with van der Waals surface area (Å²) in [6.07, 6.45) is 0. The summed E-state index contributed by atoms with van der Waals surface area (Å²) in [5.74, 6) is 2.70.